The number of para-hydroxylation sites is 1. The van der Waals surface area contributed by atoms with Crippen LogP contribution in [0.5, 0.6) is 0 Å². The van der Waals surface area contributed by atoms with E-state index in [0.717, 1.165) is 28.7 Å². The van der Waals surface area contributed by atoms with Crippen LogP contribution in [0, 0.1) is 6.92 Å². The van der Waals surface area contributed by atoms with Crippen LogP contribution in [0.15, 0.2) is 69.9 Å². The van der Waals surface area contributed by atoms with Crippen molar-refractivity contribution in [1.29, 1.82) is 0 Å². The molecule has 0 aliphatic heterocycles. The van der Waals surface area contributed by atoms with Crippen LogP contribution in [0.4, 0.5) is 5.69 Å². The quantitative estimate of drug-likeness (QED) is 0.436. The highest BCUT2D eigenvalue weighted by Gasteiger charge is 2.25. The Kier molecular flexibility index (Phi) is 4.82. The number of aryl methyl sites for hydroxylation is 2. The summed E-state index contributed by atoms with van der Waals surface area (Å²) in [6.07, 6.45) is 1.48. The molecule has 5 rings (SSSR count). The normalized spacial score (nSPS) is 13.3. The lowest BCUT2D eigenvalue weighted by atomic mass is 9.88. The third-order valence-corrected chi connectivity index (χ3v) is 6.16. The molecule has 1 aromatic heterocycles. The Morgan fingerprint density at radius 3 is 2.62 bits per heavy atom. The van der Waals surface area contributed by atoms with Gasteiger partial charge in [-0.3, -0.25) is 4.79 Å². The SMILES string of the molecule is Cc1cc(C(C)Nc2ccccc2C(=O)O)c2oc3c(c(=O)c2c1)CCc1ccccc1-3. The van der Waals surface area contributed by atoms with Gasteiger partial charge in [-0.05, 0) is 56.0 Å². The molecule has 3 aromatic carbocycles. The number of carbonyl (C=O) groups is 1. The van der Waals surface area contributed by atoms with E-state index in [1.54, 1.807) is 24.3 Å². The second-order valence-electron chi connectivity index (χ2n) is 8.34. The van der Waals surface area contributed by atoms with Crippen LogP contribution < -0.4 is 10.7 Å². The van der Waals surface area contributed by atoms with Gasteiger partial charge < -0.3 is 14.8 Å². The average molecular weight is 425 g/mol. The minimum atomic E-state index is -0.994. The van der Waals surface area contributed by atoms with Gasteiger partial charge in [0.1, 0.15) is 11.3 Å². The Labute approximate surface area is 185 Å². The minimum absolute atomic E-state index is 0.0128. The fraction of sp³-hybridized carbons (Fsp3) is 0.185. The number of benzene rings is 3. The summed E-state index contributed by atoms with van der Waals surface area (Å²) in [7, 11) is 0. The van der Waals surface area contributed by atoms with Crippen LogP contribution in [-0.4, -0.2) is 11.1 Å². The summed E-state index contributed by atoms with van der Waals surface area (Å²) in [5, 5.41) is 13.4. The molecule has 0 radical (unpaired) electrons. The molecule has 0 spiro atoms. The number of anilines is 1. The molecule has 160 valence electrons. The highest BCUT2D eigenvalue weighted by atomic mass is 16.4. The highest BCUT2D eigenvalue weighted by Crippen LogP contribution is 2.36. The average Bonchev–Trinajstić information content (AvgIpc) is 2.79. The monoisotopic (exact) mass is 425 g/mol. The first-order valence-corrected chi connectivity index (χ1v) is 10.7. The Hall–Kier alpha value is -3.86. The topological polar surface area (TPSA) is 79.5 Å². The van der Waals surface area contributed by atoms with E-state index < -0.39 is 5.97 Å². The molecule has 5 heteroatoms. The van der Waals surface area contributed by atoms with Crippen LogP contribution >= 0.6 is 0 Å². The number of hydrogen-bond acceptors (Lipinski definition) is 4. The number of carboxylic acid groups (broad SMARTS) is 1. The Balaban J connectivity index is 1.69. The first kappa shape index (κ1) is 20.1. The van der Waals surface area contributed by atoms with Crippen molar-refractivity contribution in [2.24, 2.45) is 0 Å². The molecule has 1 aliphatic carbocycles. The first-order valence-electron chi connectivity index (χ1n) is 10.7. The number of nitrogens with one attached hydrogen (secondary N) is 1. The van der Waals surface area contributed by atoms with E-state index in [1.807, 2.05) is 44.2 Å². The van der Waals surface area contributed by atoms with Crippen molar-refractivity contribution in [2.75, 3.05) is 5.32 Å². The lowest BCUT2D eigenvalue weighted by Gasteiger charge is -2.22. The van der Waals surface area contributed by atoms with Gasteiger partial charge in [0.15, 0.2) is 5.43 Å². The van der Waals surface area contributed by atoms with Gasteiger partial charge in [0.2, 0.25) is 0 Å². The fourth-order valence-corrected chi connectivity index (χ4v) is 4.61. The third kappa shape index (κ3) is 3.26. The zero-order valence-electron chi connectivity index (χ0n) is 17.9. The maximum Gasteiger partial charge on any atom is 0.337 e. The second-order valence-corrected chi connectivity index (χ2v) is 8.34. The number of carboxylic acids is 1. The van der Waals surface area contributed by atoms with Gasteiger partial charge in [-0.2, -0.15) is 0 Å². The van der Waals surface area contributed by atoms with Crippen molar-refractivity contribution < 1.29 is 14.3 Å². The lowest BCUT2D eigenvalue weighted by molar-refractivity contribution is 0.0698. The van der Waals surface area contributed by atoms with Gasteiger partial charge in [-0.25, -0.2) is 4.79 Å². The van der Waals surface area contributed by atoms with Gasteiger partial charge >= 0.3 is 5.97 Å². The molecular formula is C27H23NO4. The van der Waals surface area contributed by atoms with Crippen molar-refractivity contribution in [2.45, 2.75) is 32.7 Å². The summed E-state index contributed by atoms with van der Waals surface area (Å²) in [6.45, 7) is 3.90. The number of rotatable bonds is 4. The summed E-state index contributed by atoms with van der Waals surface area (Å²) < 4.78 is 6.46. The van der Waals surface area contributed by atoms with E-state index in [1.165, 1.54) is 5.56 Å². The number of aromatic carboxylic acids is 1. The van der Waals surface area contributed by atoms with E-state index in [2.05, 4.69) is 11.4 Å². The number of fused-ring (bicyclic) bond motifs is 4. The molecule has 4 aromatic rings. The highest BCUT2D eigenvalue weighted by molar-refractivity contribution is 5.94. The zero-order valence-corrected chi connectivity index (χ0v) is 17.9. The largest absolute Gasteiger partial charge is 0.478 e. The predicted octanol–water partition coefficient (Wildman–Crippen LogP) is 5.74. The fourth-order valence-electron chi connectivity index (χ4n) is 4.61. The zero-order chi connectivity index (χ0) is 22.4. The maximum absolute atomic E-state index is 13.5. The summed E-state index contributed by atoms with van der Waals surface area (Å²) in [4.78, 5) is 25.1. The lowest BCUT2D eigenvalue weighted by Crippen LogP contribution is -2.18. The molecule has 1 atom stereocenters. The van der Waals surface area contributed by atoms with E-state index in [0.29, 0.717) is 28.8 Å². The van der Waals surface area contributed by atoms with Crippen LogP contribution in [0.1, 0.15) is 45.6 Å². The van der Waals surface area contributed by atoms with Gasteiger partial charge in [0.05, 0.1) is 17.0 Å². The Morgan fingerprint density at radius 2 is 1.81 bits per heavy atom. The van der Waals surface area contributed by atoms with E-state index in [-0.39, 0.29) is 17.0 Å². The van der Waals surface area contributed by atoms with Gasteiger partial charge in [-0.1, -0.05) is 42.5 Å². The summed E-state index contributed by atoms with van der Waals surface area (Å²) in [5.41, 5.74) is 5.93. The van der Waals surface area contributed by atoms with Gasteiger partial charge in [-0.15, -0.1) is 0 Å². The van der Waals surface area contributed by atoms with Gasteiger partial charge in [0.25, 0.3) is 0 Å². The van der Waals surface area contributed by atoms with Crippen molar-refractivity contribution in [1.82, 2.24) is 0 Å². The van der Waals surface area contributed by atoms with E-state index in [9.17, 15) is 14.7 Å². The summed E-state index contributed by atoms with van der Waals surface area (Å²) >= 11 is 0. The van der Waals surface area contributed by atoms with Crippen LogP contribution in [0.3, 0.4) is 0 Å². The molecule has 0 saturated heterocycles. The maximum atomic E-state index is 13.5. The van der Waals surface area contributed by atoms with E-state index >= 15 is 0 Å². The molecule has 32 heavy (non-hydrogen) atoms. The van der Waals surface area contributed by atoms with Crippen LogP contribution in [0.2, 0.25) is 0 Å². The van der Waals surface area contributed by atoms with E-state index in [4.69, 9.17) is 4.42 Å². The van der Waals surface area contributed by atoms with Crippen molar-refractivity contribution in [3.05, 3.63) is 98.7 Å². The molecule has 0 saturated carbocycles. The van der Waals surface area contributed by atoms with Gasteiger partial charge in [0, 0.05) is 22.4 Å². The molecule has 5 nitrogen and oxygen atoms in total. The molecule has 0 fully saturated rings. The van der Waals surface area contributed by atoms with Crippen molar-refractivity contribution in [3.8, 4) is 11.3 Å². The second kappa shape index (κ2) is 7.68. The minimum Gasteiger partial charge on any atom is -0.478 e. The summed E-state index contributed by atoms with van der Waals surface area (Å²) in [5.74, 6) is -0.348. The first-order chi connectivity index (χ1) is 15.4. The standard InChI is InChI=1S/C27H23NO4/c1-15-13-21(16(2)28-23-10-6-5-9-19(23)27(30)31)26-22(14-15)24(29)20-12-11-17-7-3-4-8-18(17)25(20)32-26/h3-10,13-14,16,28H,11-12H2,1-2H3,(H,30,31). The van der Waals surface area contributed by atoms with Crippen LogP contribution in [0.25, 0.3) is 22.3 Å². The molecular weight excluding hydrogens is 402 g/mol. The predicted molar refractivity (Wildman–Crippen MR) is 126 cm³/mol. The van der Waals surface area contributed by atoms with Crippen LogP contribution in [-0.2, 0) is 12.8 Å². The molecule has 2 N–H and O–H groups in total. The van der Waals surface area contributed by atoms with Crippen molar-refractivity contribution >= 4 is 22.6 Å². The third-order valence-electron chi connectivity index (χ3n) is 6.16. The smallest absolute Gasteiger partial charge is 0.337 e. The molecule has 0 bridgehead atoms. The molecule has 1 aliphatic rings. The summed E-state index contributed by atoms with van der Waals surface area (Å²) in [6, 6.07) is 18.4. The molecule has 1 heterocycles. The Morgan fingerprint density at radius 1 is 1.06 bits per heavy atom. The Bertz CT molecular complexity index is 1430. The molecule has 0 amide bonds. The van der Waals surface area contributed by atoms with Crippen molar-refractivity contribution in [3.63, 3.8) is 0 Å². The number of hydrogen-bond donors (Lipinski definition) is 2. The molecule has 1 unspecified atom stereocenters.